The summed E-state index contributed by atoms with van der Waals surface area (Å²) in [6.45, 7) is 12.8. The molecule has 16 heavy (non-hydrogen) atoms. The first-order valence-electron chi connectivity index (χ1n) is 6.08. The normalized spacial score (nSPS) is 20.8. The number of hydrogen-bond donors (Lipinski definition) is 0. The second kappa shape index (κ2) is 4.57. The minimum Gasteiger partial charge on any atom is -0.295 e. The van der Waals surface area contributed by atoms with Gasteiger partial charge in [0.25, 0.3) is 0 Å². The summed E-state index contributed by atoms with van der Waals surface area (Å²) in [5.74, 6) is 0.348. The molecule has 1 heteroatoms. The first-order valence-corrected chi connectivity index (χ1v) is 6.08. The lowest BCUT2D eigenvalue weighted by atomic mass is 9.82. The van der Waals surface area contributed by atoms with Gasteiger partial charge in [-0.2, -0.15) is 0 Å². The summed E-state index contributed by atoms with van der Waals surface area (Å²) in [4.78, 5) is 12.2. The van der Waals surface area contributed by atoms with Gasteiger partial charge in [0.05, 0.1) is 0 Å². The summed E-state index contributed by atoms with van der Waals surface area (Å²) >= 11 is 0. The van der Waals surface area contributed by atoms with Gasteiger partial charge in [0.1, 0.15) is 0 Å². The number of carbonyl (C=O) groups is 1. The lowest BCUT2D eigenvalue weighted by Crippen LogP contribution is -2.15. The molecule has 1 saturated carbocycles. The van der Waals surface area contributed by atoms with Gasteiger partial charge in [-0.25, -0.2) is 0 Å². The maximum absolute atomic E-state index is 12.2. The molecule has 0 N–H and O–H groups in total. The predicted octanol–water partition coefficient (Wildman–Crippen LogP) is 4.44. The van der Waals surface area contributed by atoms with Crippen LogP contribution in [0, 0.1) is 5.41 Å². The van der Waals surface area contributed by atoms with Crippen LogP contribution in [-0.2, 0) is 4.79 Å². The minimum absolute atomic E-state index is 0.112. The van der Waals surface area contributed by atoms with Crippen LogP contribution in [0.2, 0.25) is 0 Å². The van der Waals surface area contributed by atoms with E-state index in [1.54, 1.807) is 0 Å². The van der Waals surface area contributed by atoms with Gasteiger partial charge in [-0.1, -0.05) is 30.6 Å². The van der Waals surface area contributed by atoms with Crippen molar-refractivity contribution in [2.45, 2.75) is 60.8 Å². The molecule has 0 aromatic rings. The SMILES string of the molecule is CC(C)=C1CC(=C(C)C)C(=O)CC(C)(C)C1. The van der Waals surface area contributed by atoms with Crippen molar-refractivity contribution in [3.63, 3.8) is 0 Å². The minimum atomic E-state index is 0.112. The van der Waals surface area contributed by atoms with Crippen LogP contribution in [0.15, 0.2) is 22.3 Å². The van der Waals surface area contributed by atoms with Gasteiger partial charge < -0.3 is 0 Å². The standard InChI is InChI=1S/C15H24O/c1-10(2)12-7-13(11(3)4)14(16)9-15(5,6)8-12/h7-9H2,1-6H3. The highest BCUT2D eigenvalue weighted by atomic mass is 16.1. The first kappa shape index (κ1) is 13.2. The summed E-state index contributed by atoms with van der Waals surface area (Å²) in [7, 11) is 0. The number of carbonyl (C=O) groups excluding carboxylic acids is 1. The molecule has 0 spiro atoms. The predicted molar refractivity (Wildman–Crippen MR) is 69.4 cm³/mol. The van der Waals surface area contributed by atoms with Crippen LogP contribution in [0.4, 0.5) is 0 Å². The Labute approximate surface area is 99.6 Å². The summed E-state index contributed by atoms with van der Waals surface area (Å²) in [5, 5.41) is 0. The summed E-state index contributed by atoms with van der Waals surface area (Å²) in [6.07, 6.45) is 2.61. The van der Waals surface area contributed by atoms with E-state index in [-0.39, 0.29) is 5.41 Å². The average Bonchev–Trinajstić information content (AvgIpc) is 2.20. The van der Waals surface area contributed by atoms with Crippen molar-refractivity contribution in [2.24, 2.45) is 5.41 Å². The van der Waals surface area contributed by atoms with E-state index in [1.807, 2.05) is 13.8 Å². The molecule has 0 atom stereocenters. The van der Waals surface area contributed by atoms with E-state index in [0.717, 1.165) is 18.4 Å². The van der Waals surface area contributed by atoms with Crippen molar-refractivity contribution in [3.05, 3.63) is 22.3 Å². The molecule has 1 nitrogen and oxygen atoms in total. The van der Waals surface area contributed by atoms with E-state index in [4.69, 9.17) is 0 Å². The van der Waals surface area contributed by atoms with Crippen LogP contribution in [0.1, 0.15) is 60.8 Å². The first-order chi connectivity index (χ1) is 7.23. The van der Waals surface area contributed by atoms with Crippen LogP contribution >= 0.6 is 0 Å². The van der Waals surface area contributed by atoms with Crippen molar-refractivity contribution < 1.29 is 4.79 Å². The fourth-order valence-corrected chi connectivity index (χ4v) is 2.37. The Morgan fingerprint density at radius 3 is 2.00 bits per heavy atom. The Balaban J connectivity index is 3.20. The topological polar surface area (TPSA) is 17.1 Å². The largest absolute Gasteiger partial charge is 0.295 e. The molecule has 1 fully saturated rings. The van der Waals surface area contributed by atoms with Gasteiger partial charge >= 0.3 is 0 Å². The lowest BCUT2D eigenvalue weighted by molar-refractivity contribution is -0.117. The zero-order valence-electron chi connectivity index (χ0n) is 11.5. The van der Waals surface area contributed by atoms with E-state index >= 15 is 0 Å². The zero-order valence-corrected chi connectivity index (χ0v) is 11.5. The average molecular weight is 220 g/mol. The molecule has 1 rings (SSSR count). The molecule has 1 aliphatic rings. The van der Waals surface area contributed by atoms with Crippen molar-refractivity contribution in [1.82, 2.24) is 0 Å². The molecule has 0 aromatic heterocycles. The van der Waals surface area contributed by atoms with Gasteiger partial charge in [-0.15, -0.1) is 0 Å². The highest BCUT2D eigenvalue weighted by Gasteiger charge is 2.30. The lowest BCUT2D eigenvalue weighted by Gasteiger charge is -2.22. The monoisotopic (exact) mass is 220 g/mol. The molecule has 0 radical (unpaired) electrons. The Hall–Kier alpha value is -0.850. The maximum atomic E-state index is 12.2. The van der Waals surface area contributed by atoms with Crippen LogP contribution in [-0.4, -0.2) is 5.78 Å². The van der Waals surface area contributed by atoms with Gasteiger partial charge in [0.15, 0.2) is 5.78 Å². The molecule has 0 amide bonds. The van der Waals surface area contributed by atoms with Crippen molar-refractivity contribution >= 4 is 5.78 Å². The quantitative estimate of drug-likeness (QED) is 0.335. The third-order valence-corrected chi connectivity index (χ3v) is 3.37. The van der Waals surface area contributed by atoms with E-state index in [2.05, 4.69) is 27.7 Å². The molecule has 0 aliphatic heterocycles. The Bertz CT molecular complexity index is 359. The third kappa shape index (κ3) is 3.07. The second-order valence-corrected chi connectivity index (χ2v) is 6.20. The van der Waals surface area contributed by atoms with Crippen molar-refractivity contribution in [2.75, 3.05) is 0 Å². The molecule has 0 aromatic carbocycles. The fraction of sp³-hybridized carbons (Fsp3) is 0.667. The smallest absolute Gasteiger partial charge is 0.159 e. The molecule has 0 heterocycles. The van der Waals surface area contributed by atoms with Gasteiger partial charge in [-0.3, -0.25) is 4.79 Å². The second-order valence-electron chi connectivity index (χ2n) is 6.20. The fourth-order valence-electron chi connectivity index (χ4n) is 2.37. The molecule has 0 saturated heterocycles. The molecule has 0 bridgehead atoms. The maximum Gasteiger partial charge on any atom is 0.159 e. The van der Waals surface area contributed by atoms with Gasteiger partial charge in [-0.05, 0) is 51.5 Å². The van der Waals surface area contributed by atoms with E-state index in [1.165, 1.54) is 16.7 Å². The van der Waals surface area contributed by atoms with Crippen LogP contribution < -0.4 is 0 Å². The zero-order chi connectivity index (χ0) is 12.5. The van der Waals surface area contributed by atoms with E-state index < -0.39 is 0 Å². The summed E-state index contributed by atoms with van der Waals surface area (Å²) in [5.41, 5.74) is 5.16. The van der Waals surface area contributed by atoms with Gasteiger partial charge in [0, 0.05) is 6.42 Å². The number of hydrogen-bond acceptors (Lipinski definition) is 1. The Morgan fingerprint density at radius 1 is 1.00 bits per heavy atom. The highest BCUT2D eigenvalue weighted by molar-refractivity contribution is 5.97. The summed E-state index contributed by atoms with van der Waals surface area (Å²) < 4.78 is 0. The molecule has 0 unspecified atom stereocenters. The molecule has 1 aliphatic carbocycles. The van der Waals surface area contributed by atoms with Crippen molar-refractivity contribution in [3.8, 4) is 0 Å². The number of allylic oxidation sites excluding steroid dienone is 4. The number of rotatable bonds is 0. The Kier molecular flexibility index (Phi) is 3.77. The highest BCUT2D eigenvalue weighted by Crippen LogP contribution is 2.39. The number of Topliss-reactive ketones (excluding diaryl/α,β-unsaturated/α-hetero) is 1. The van der Waals surface area contributed by atoms with E-state index in [9.17, 15) is 4.79 Å². The molecule has 90 valence electrons. The molecular formula is C15H24O. The van der Waals surface area contributed by atoms with Crippen LogP contribution in [0.5, 0.6) is 0 Å². The molecular weight excluding hydrogens is 196 g/mol. The third-order valence-electron chi connectivity index (χ3n) is 3.37. The van der Waals surface area contributed by atoms with Crippen LogP contribution in [0.3, 0.4) is 0 Å². The summed E-state index contributed by atoms with van der Waals surface area (Å²) in [6, 6.07) is 0. The van der Waals surface area contributed by atoms with Gasteiger partial charge in [0.2, 0.25) is 0 Å². The van der Waals surface area contributed by atoms with Crippen molar-refractivity contribution in [1.29, 1.82) is 0 Å². The Morgan fingerprint density at radius 2 is 1.56 bits per heavy atom. The number of ketones is 1. The van der Waals surface area contributed by atoms with Crippen LogP contribution in [0.25, 0.3) is 0 Å². The van der Waals surface area contributed by atoms with E-state index in [0.29, 0.717) is 12.2 Å².